The number of aromatic nitrogens is 4. The van der Waals surface area contributed by atoms with E-state index in [0.29, 0.717) is 16.9 Å². The maximum absolute atomic E-state index is 13.9. The summed E-state index contributed by atoms with van der Waals surface area (Å²) in [5, 5.41) is 9.55. The van der Waals surface area contributed by atoms with E-state index in [1.165, 1.54) is 4.68 Å². The Hall–Kier alpha value is -4.28. The third-order valence-electron chi connectivity index (χ3n) is 6.48. The predicted octanol–water partition coefficient (Wildman–Crippen LogP) is 4.59. The van der Waals surface area contributed by atoms with Gasteiger partial charge in [0.1, 0.15) is 17.1 Å². The van der Waals surface area contributed by atoms with Gasteiger partial charge in [-0.05, 0) is 24.6 Å². The summed E-state index contributed by atoms with van der Waals surface area (Å²) in [4.78, 5) is 26.4. The summed E-state index contributed by atoms with van der Waals surface area (Å²) in [6.07, 6.45) is -3.75. The molecule has 0 radical (unpaired) electrons. The molecule has 0 unspecified atom stereocenters. The minimum atomic E-state index is -4.57. The van der Waals surface area contributed by atoms with E-state index in [4.69, 9.17) is 0 Å². The summed E-state index contributed by atoms with van der Waals surface area (Å²) in [6.45, 7) is 1.67. The zero-order chi connectivity index (χ0) is 25.6. The molecular formula is C25H23F3N6O2. The van der Waals surface area contributed by atoms with Gasteiger partial charge in [-0.1, -0.05) is 48.5 Å². The molecule has 36 heavy (non-hydrogen) atoms. The smallest absolute Gasteiger partial charge is 0.363 e. The standard InChI is InChI=1S/C25H23F3N6O2/c1-15-21(24(36)34(32(15)2)17-11-7-4-8-12-17)31-23(35)18-14-29-33-20(25(26,27)28)13-19(30-22(18)33)16-9-5-3-6-10-16/h3-12,14,19-20,30H,13H2,1-2H3,(H,31,35)/t19-,20-/m1/s1. The monoisotopic (exact) mass is 496 g/mol. The Morgan fingerprint density at radius 2 is 1.72 bits per heavy atom. The molecule has 2 aromatic heterocycles. The Morgan fingerprint density at radius 3 is 2.36 bits per heavy atom. The molecule has 0 spiro atoms. The van der Waals surface area contributed by atoms with Gasteiger partial charge in [-0.15, -0.1) is 0 Å². The van der Waals surface area contributed by atoms with E-state index in [-0.39, 0.29) is 23.5 Å². The number of anilines is 2. The molecule has 0 saturated heterocycles. The number of benzene rings is 2. The fourth-order valence-corrected chi connectivity index (χ4v) is 4.53. The van der Waals surface area contributed by atoms with Crippen molar-refractivity contribution >= 4 is 17.4 Å². The van der Waals surface area contributed by atoms with Gasteiger partial charge in [0.25, 0.3) is 11.5 Å². The van der Waals surface area contributed by atoms with Crippen molar-refractivity contribution in [3.63, 3.8) is 0 Å². The second kappa shape index (κ2) is 8.74. The molecule has 2 aromatic carbocycles. The van der Waals surface area contributed by atoms with Crippen molar-refractivity contribution in [2.75, 3.05) is 10.6 Å². The van der Waals surface area contributed by atoms with Crippen LogP contribution in [0.3, 0.4) is 0 Å². The molecule has 8 nitrogen and oxygen atoms in total. The summed E-state index contributed by atoms with van der Waals surface area (Å²) in [5.41, 5.74) is 1.25. The highest BCUT2D eigenvalue weighted by molar-refractivity contribution is 6.07. The Bertz CT molecular complexity index is 1470. The number of hydrogen-bond acceptors (Lipinski definition) is 4. The van der Waals surface area contributed by atoms with Crippen LogP contribution in [0.2, 0.25) is 0 Å². The molecule has 5 rings (SSSR count). The van der Waals surface area contributed by atoms with Crippen molar-refractivity contribution in [2.24, 2.45) is 7.05 Å². The molecule has 4 aromatic rings. The maximum atomic E-state index is 13.9. The minimum absolute atomic E-state index is 0.0362. The zero-order valence-electron chi connectivity index (χ0n) is 19.5. The van der Waals surface area contributed by atoms with Crippen LogP contribution in [0.4, 0.5) is 24.7 Å². The van der Waals surface area contributed by atoms with E-state index in [1.807, 2.05) is 6.07 Å². The predicted molar refractivity (Wildman–Crippen MR) is 128 cm³/mol. The Labute approximate surface area is 203 Å². The van der Waals surface area contributed by atoms with E-state index < -0.39 is 29.7 Å². The van der Waals surface area contributed by atoms with Gasteiger partial charge in [-0.25, -0.2) is 9.36 Å². The van der Waals surface area contributed by atoms with Crippen LogP contribution >= 0.6 is 0 Å². The van der Waals surface area contributed by atoms with Crippen molar-refractivity contribution < 1.29 is 18.0 Å². The number of hydrogen-bond donors (Lipinski definition) is 2. The van der Waals surface area contributed by atoms with Gasteiger partial charge in [-0.3, -0.25) is 14.3 Å². The summed E-state index contributed by atoms with van der Waals surface area (Å²) >= 11 is 0. The van der Waals surface area contributed by atoms with Gasteiger partial charge in [0.2, 0.25) is 0 Å². The highest BCUT2D eigenvalue weighted by Gasteiger charge is 2.47. The summed E-state index contributed by atoms with van der Waals surface area (Å²) in [5.74, 6) is -0.781. The molecule has 1 aliphatic heterocycles. The van der Waals surface area contributed by atoms with Crippen LogP contribution in [-0.4, -0.2) is 31.2 Å². The van der Waals surface area contributed by atoms with Crippen LogP contribution in [0.15, 0.2) is 71.7 Å². The summed E-state index contributed by atoms with van der Waals surface area (Å²) in [7, 11) is 1.68. The van der Waals surface area contributed by atoms with Crippen LogP contribution in [0, 0.1) is 6.92 Å². The highest BCUT2D eigenvalue weighted by atomic mass is 19.4. The first-order valence-corrected chi connectivity index (χ1v) is 11.3. The van der Waals surface area contributed by atoms with E-state index in [1.54, 1.807) is 73.3 Å². The van der Waals surface area contributed by atoms with Crippen molar-refractivity contribution in [2.45, 2.75) is 31.6 Å². The van der Waals surface area contributed by atoms with Gasteiger partial charge >= 0.3 is 6.18 Å². The number of fused-ring (bicyclic) bond motifs is 1. The molecule has 0 bridgehead atoms. The number of amides is 1. The molecule has 3 heterocycles. The number of carbonyl (C=O) groups is 1. The molecular weight excluding hydrogens is 473 g/mol. The average molecular weight is 496 g/mol. The largest absolute Gasteiger partial charge is 0.410 e. The second-order valence-corrected chi connectivity index (χ2v) is 8.64. The molecule has 0 saturated carbocycles. The van der Waals surface area contributed by atoms with Crippen molar-refractivity contribution in [3.05, 3.63) is 94.0 Å². The molecule has 2 atom stereocenters. The Kier molecular flexibility index (Phi) is 5.70. The lowest BCUT2D eigenvalue weighted by Gasteiger charge is -2.34. The van der Waals surface area contributed by atoms with Gasteiger partial charge in [0.05, 0.1) is 23.6 Å². The van der Waals surface area contributed by atoms with E-state index in [9.17, 15) is 22.8 Å². The Morgan fingerprint density at radius 1 is 1.08 bits per heavy atom. The van der Waals surface area contributed by atoms with Gasteiger partial charge in [0, 0.05) is 13.5 Å². The average Bonchev–Trinajstić information content (AvgIpc) is 3.38. The molecule has 11 heteroatoms. The van der Waals surface area contributed by atoms with Crippen molar-refractivity contribution in [3.8, 4) is 5.69 Å². The second-order valence-electron chi connectivity index (χ2n) is 8.64. The van der Waals surface area contributed by atoms with Crippen LogP contribution in [0.1, 0.15) is 40.1 Å². The molecule has 1 amide bonds. The SMILES string of the molecule is Cc1c(NC(=O)c2cnn3c2N[C@@H](c2ccccc2)C[C@@H]3C(F)(F)F)c(=O)n(-c2ccccc2)n1C. The van der Waals surface area contributed by atoms with E-state index >= 15 is 0 Å². The van der Waals surface area contributed by atoms with E-state index in [0.717, 1.165) is 10.9 Å². The van der Waals surface area contributed by atoms with Crippen molar-refractivity contribution in [1.82, 2.24) is 19.1 Å². The fraction of sp³-hybridized carbons (Fsp3) is 0.240. The number of carbonyl (C=O) groups excluding carboxylic acids is 1. The fourth-order valence-electron chi connectivity index (χ4n) is 4.53. The lowest BCUT2D eigenvalue weighted by atomic mass is 9.96. The number of nitrogens with zero attached hydrogens (tertiary/aromatic N) is 4. The normalized spacial score (nSPS) is 17.4. The molecule has 0 aliphatic carbocycles. The van der Waals surface area contributed by atoms with Gasteiger partial charge < -0.3 is 10.6 Å². The number of alkyl halides is 3. The lowest BCUT2D eigenvalue weighted by molar-refractivity contribution is -0.173. The van der Waals surface area contributed by atoms with Crippen LogP contribution in [0.25, 0.3) is 5.69 Å². The van der Waals surface area contributed by atoms with Crippen LogP contribution < -0.4 is 16.2 Å². The molecule has 186 valence electrons. The van der Waals surface area contributed by atoms with Crippen molar-refractivity contribution in [1.29, 1.82) is 0 Å². The summed E-state index contributed by atoms with van der Waals surface area (Å²) < 4.78 is 45.6. The maximum Gasteiger partial charge on any atom is 0.410 e. The third kappa shape index (κ3) is 3.96. The first-order chi connectivity index (χ1) is 17.2. The van der Waals surface area contributed by atoms with E-state index in [2.05, 4.69) is 15.7 Å². The molecule has 2 N–H and O–H groups in total. The highest BCUT2D eigenvalue weighted by Crippen LogP contribution is 2.44. The summed E-state index contributed by atoms with van der Waals surface area (Å²) in [6, 6.07) is 15.0. The minimum Gasteiger partial charge on any atom is -0.363 e. The van der Waals surface area contributed by atoms with Crippen LogP contribution in [-0.2, 0) is 7.05 Å². The number of para-hydroxylation sites is 1. The van der Waals surface area contributed by atoms with Crippen LogP contribution in [0.5, 0.6) is 0 Å². The first kappa shape index (κ1) is 23.5. The molecule has 1 aliphatic rings. The third-order valence-corrected chi connectivity index (χ3v) is 6.48. The lowest BCUT2D eigenvalue weighted by Crippen LogP contribution is -2.36. The molecule has 0 fully saturated rings. The Balaban J connectivity index is 1.51. The first-order valence-electron chi connectivity index (χ1n) is 11.3. The number of halogens is 3. The topological polar surface area (TPSA) is 85.9 Å². The zero-order valence-corrected chi connectivity index (χ0v) is 19.5. The number of nitrogens with one attached hydrogen (secondary N) is 2. The van der Waals surface area contributed by atoms with Gasteiger partial charge in [-0.2, -0.15) is 18.3 Å². The van der Waals surface area contributed by atoms with Gasteiger partial charge in [0.15, 0.2) is 6.04 Å². The quantitative estimate of drug-likeness (QED) is 0.433. The number of rotatable bonds is 4.